The number of rotatable bonds is 4. The highest BCUT2D eigenvalue weighted by atomic mass is 16.2. The van der Waals surface area contributed by atoms with Crippen LogP contribution in [0.3, 0.4) is 0 Å². The molecule has 1 amide bonds. The van der Waals surface area contributed by atoms with Gasteiger partial charge in [0.1, 0.15) is 5.54 Å². The number of piperidine rings is 1. The van der Waals surface area contributed by atoms with Crippen LogP contribution in [0.1, 0.15) is 30.7 Å². The molecule has 2 atom stereocenters. The Labute approximate surface area is 149 Å². The second-order valence-electron chi connectivity index (χ2n) is 6.98. The lowest BCUT2D eigenvalue weighted by Crippen LogP contribution is -2.55. The van der Waals surface area contributed by atoms with Gasteiger partial charge >= 0.3 is 0 Å². The van der Waals surface area contributed by atoms with Gasteiger partial charge in [0.25, 0.3) is 0 Å². The number of carbonyl (C=O) groups is 1. The van der Waals surface area contributed by atoms with E-state index in [0.29, 0.717) is 6.67 Å². The van der Waals surface area contributed by atoms with Crippen LogP contribution in [0.4, 0.5) is 5.69 Å². The molecular weight excluding hydrogens is 308 g/mol. The Morgan fingerprint density at radius 2 is 1.68 bits per heavy atom. The van der Waals surface area contributed by atoms with Crippen LogP contribution in [0.2, 0.25) is 0 Å². The molecule has 0 radical (unpaired) electrons. The van der Waals surface area contributed by atoms with Crippen molar-refractivity contribution in [1.82, 2.24) is 4.90 Å². The van der Waals surface area contributed by atoms with E-state index in [2.05, 4.69) is 23.6 Å². The van der Waals surface area contributed by atoms with Crippen molar-refractivity contribution in [1.29, 1.82) is 0 Å². The molecule has 0 spiro atoms. The summed E-state index contributed by atoms with van der Waals surface area (Å²) in [6.45, 7) is 5.73. The zero-order valence-electron chi connectivity index (χ0n) is 14.5. The van der Waals surface area contributed by atoms with Crippen LogP contribution in [0.5, 0.6) is 0 Å². The zero-order chi connectivity index (χ0) is 17.3. The Hall–Kier alpha value is -2.39. The van der Waals surface area contributed by atoms with Crippen LogP contribution in [0, 0.1) is 0 Å². The summed E-state index contributed by atoms with van der Waals surface area (Å²) < 4.78 is 0. The van der Waals surface area contributed by atoms with Gasteiger partial charge in [0.2, 0.25) is 5.91 Å². The van der Waals surface area contributed by atoms with Crippen LogP contribution in [-0.2, 0) is 4.79 Å². The number of anilines is 1. The largest absolute Gasteiger partial charge is 0.297 e. The number of fused-ring (bicyclic) bond motifs is 1. The Bertz CT molecular complexity index is 758. The lowest BCUT2D eigenvalue weighted by molar-refractivity contribution is -0.127. The van der Waals surface area contributed by atoms with Crippen LogP contribution in [0.15, 0.2) is 73.3 Å². The first-order valence-electron chi connectivity index (χ1n) is 9.07. The first-order valence-corrected chi connectivity index (χ1v) is 9.07. The third kappa shape index (κ3) is 2.50. The summed E-state index contributed by atoms with van der Waals surface area (Å²) in [5.41, 5.74) is 1.65. The maximum Gasteiger partial charge on any atom is 0.249 e. The fourth-order valence-electron chi connectivity index (χ4n) is 4.52. The molecule has 0 bridgehead atoms. The summed E-state index contributed by atoms with van der Waals surface area (Å²) in [6, 6.07) is 20.4. The second-order valence-corrected chi connectivity index (χ2v) is 6.98. The quantitative estimate of drug-likeness (QED) is 0.784. The van der Waals surface area contributed by atoms with Gasteiger partial charge in [0, 0.05) is 18.2 Å². The molecule has 2 aromatic rings. The summed E-state index contributed by atoms with van der Waals surface area (Å²) in [5.74, 6) is 0.224. The number of benzene rings is 2. The molecule has 2 aliphatic heterocycles. The molecule has 2 saturated heterocycles. The average Bonchev–Trinajstić information content (AvgIpc) is 2.98. The molecule has 2 fully saturated rings. The third-order valence-electron chi connectivity index (χ3n) is 5.70. The van der Waals surface area contributed by atoms with E-state index < -0.39 is 5.54 Å². The lowest BCUT2D eigenvalue weighted by Gasteiger charge is -2.44. The van der Waals surface area contributed by atoms with Crippen LogP contribution < -0.4 is 4.90 Å². The standard InChI is InChI=1S/C22H24N2O/c1-2-20(18-11-5-3-6-12-18)22-15-9-10-16-23(22)17-24(21(22)25)19-13-7-4-8-14-19/h2-8,11-14,20H,1,9-10,15-17H2/t20-,22-/m0/s1. The Morgan fingerprint density at radius 1 is 1.00 bits per heavy atom. The van der Waals surface area contributed by atoms with Crippen molar-refractivity contribution in [3.05, 3.63) is 78.9 Å². The highest BCUT2D eigenvalue weighted by Gasteiger charge is 2.57. The molecule has 0 N–H and O–H groups in total. The van der Waals surface area contributed by atoms with Gasteiger partial charge in [-0.3, -0.25) is 14.6 Å². The summed E-state index contributed by atoms with van der Waals surface area (Å²) in [6.07, 6.45) is 5.10. The fourth-order valence-corrected chi connectivity index (χ4v) is 4.52. The van der Waals surface area contributed by atoms with E-state index in [4.69, 9.17) is 0 Å². The summed E-state index contributed by atoms with van der Waals surface area (Å²) in [4.78, 5) is 18.0. The number of para-hydroxylation sites is 1. The molecule has 4 rings (SSSR count). The van der Waals surface area contributed by atoms with Crippen molar-refractivity contribution in [3.8, 4) is 0 Å². The van der Waals surface area contributed by atoms with Gasteiger partial charge < -0.3 is 0 Å². The van der Waals surface area contributed by atoms with Crippen molar-refractivity contribution in [2.75, 3.05) is 18.1 Å². The minimum atomic E-state index is -0.503. The normalized spacial score (nSPS) is 24.8. The zero-order valence-corrected chi connectivity index (χ0v) is 14.5. The van der Waals surface area contributed by atoms with Crippen molar-refractivity contribution in [2.45, 2.75) is 30.7 Å². The third-order valence-corrected chi connectivity index (χ3v) is 5.70. The van der Waals surface area contributed by atoms with Gasteiger partial charge in [-0.25, -0.2) is 0 Å². The number of amides is 1. The highest BCUT2D eigenvalue weighted by Crippen LogP contribution is 2.46. The van der Waals surface area contributed by atoms with Crippen molar-refractivity contribution >= 4 is 11.6 Å². The van der Waals surface area contributed by atoms with Gasteiger partial charge in [0.15, 0.2) is 0 Å². The first kappa shape index (κ1) is 16.1. The lowest BCUT2D eigenvalue weighted by atomic mass is 9.73. The van der Waals surface area contributed by atoms with Crippen LogP contribution in [0.25, 0.3) is 0 Å². The summed E-state index contributed by atoms with van der Waals surface area (Å²) in [7, 11) is 0. The predicted octanol–water partition coefficient (Wildman–Crippen LogP) is 4.19. The molecule has 3 heteroatoms. The molecule has 0 aliphatic carbocycles. The minimum Gasteiger partial charge on any atom is -0.297 e. The van der Waals surface area contributed by atoms with Crippen LogP contribution in [-0.4, -0.2) is 29.6 Å². The van der Waals surface area contributed by atoms with Gasteiger partial charge in [-0.05, 0) is 37.0 Å². The monoisotopic (exact) mass is 332 g/mol. The van der Waals surface area contributed by atoms with E-state index in [1.807, 2.05) is 59.5 Å². The number of carbonyl (C=O) groups excluding carboxylic acids is 1. The molecule has 128 valence electrons. The predicted molar refractivity (Wildman–Crippen MR) is 101 cm³/mol. The van der Waals surface area contributed by atoms with Gasteiger partial charge in [-0.2, -0.15) is 0 Å². The smallest absolute Gasteiger partial charge is 0.249 e. The highest BCUT2D eigenvalue weighted by molar-refractivity contribution is 6.03. The molecule has 0 unspecified atom stereocenters. The Morgan fingerprint density at radius 3 is 2.36 bits per heavy atom. The van der Waals surface area contributed by atoms with E-state index in [9.17, 15) is 4.79 Å². The molecule has 2 aromatic carbocycles. The van der Waals surface area contributed by atoms with Gasteiger partial charge in [-0.15, -0.1) is 6.58 Å². The average molecular weight is 332 g/mol. The molecule has 3 nitrogen and oxygen atoms in total. The molecule has 0 aromatic heterocycles. The van der Waals surface area contributed by atoms with Crippen molar-refractivity contribution in [2.24, 2.45) is 0 Å². The molecular formula is C22H24N2O. The minimum absolute atomic E-state index is 0.00946. The SMILES string of the molecule is C=C[C@@H](c1ccccc1)[C@]12CCCCN1CN(c1ccccc1)C2=O. The fraction of sp³-hybridized carbons (Fsp3) is 0.318. The molecule has 25 heavy (non-hydrogen) atoms. The Kier molecular flexibility index (Phi) is 4.18. The maximum absolute atomic E-state index is 13.7. The maximum atomic E-state index is 13.7. The Balaban J connectivity index is 1.79. The van der Waals surface area contributed by atoms with Crippen molar-refractivity contribution in [3.63, 3.8) is 0 Å². The van der Waals surface area contributed by atoms with Crippen LogP contribution >= 0.6 is 0 Å². The summed E-state index contributed by atoms with van der Waals surface area (Å²) >= 11 is 0. The number of nitrogens with zero attached hydrogens (tertiary/aromatic N) is 2. The summed E-state index contributed by atoms with van der Waals surface area (Å²) in [5, 5.41) is 0. The van der Waals surface area contributed by atoms with E-state index in [0.717, 1.165) is 31.5 Å². The van der Waals surface area contributed by atoms with Crippen molar-refractivity contribution < 1.29 is 4.79 Å². The van der Waals surface area contributed by atoms with E-state index in [1.54, 1.807) is 0 Å². The molecule has 2 heterocycles. The van der Waals surface area contributed by atoms with E-state index in [-0.39, 0.29) is 11.8 Å². The second kappa shape index (κ2) is 6.49. The van der Waals surface area contributed by atoms with Gasteiger partial charge in [-0.1, -0.05) is 54.6 Å². The number of hydrogen-bond acceptors (Lipinski definition) is 2. The topological polar surface area (TPSA) is 23.6 Å². The number of hydrogen-bond donors (Lipinski definition) is 0. The first-order chi connectivity index (χ1) is 12.3. The van der Waals surface area contributed by atoms with E-state index >= 15 is 0 Å². The van der Waals surface area contributed by atoms with Gasteiger partial charge in [0.05, 0.1) is 6.67 Å². The molecule has 0 saturated carbocycles. The molecule has 2 aliphatic rings. The van der Waals surface area contributed by atoms with E-state index in [1.165, 1.54) is 5.56 Å².